The van der Waals surface area contributed by atoms with E-state index in [0.29, 0.717) is 66.1 Å². The normalized spacial score (nSPS) is 24.4. The number of pyridine rings is 1. The molecule has 3 saturated heterocycles. The maximum absolute atomic E-state index is 15.0. The number of benzene rings is 1. The van der Waals surface area contributed by atoms with Gasteiger partial charge in [0, 0.05) is 68.1 Å². The fourth-order valence-corrected chi connectivity index (χ4v) is 11.0. The second kappa shape index (κ2) is 20.8. The summed E-state index contributed by atoms with van der Waals surface area (Å²) < 4.78 is 41.4. The average molecular weight is 942 g/mol. The molecular weight excluding hydrogens is 875 g/mol. The first-order valence-electron chi connectivity index (χ1n) is 22.8. The zero-order valence-corrected chi connectivity index (χ0v) is 40.6. The third-order valence-corrected chi connectivity index (χ3v) is 15.4. The number of methoxy groups -OCH3 is 1. The zero-order valence-electron chi connectivity index (χ0n) is 38.9. The molecule has 65 heavy (non-hydrogen) atoms. The lowest BCUT2D eigenvalue weighted by molar-refractivity contribution is -0.150. The van der Waals surface area contributed by atoms with Gasteiger partial charge in [0.05, 0.1) is 24.9 Å². The molecule has 5 atom stereocenters. The van der Waals surface area contributed by atoms with Gasteiger partial charge in [-0.2, -0.15) is 17.0 Å². The summed E-state index contributed by atoms with van der Waals surface area (Å²) >= 11 is 1.45. The van der Waals surface area contributed by atoms with Crippen LogP contribution in [0.3, 0.4) is 0 Å². The second-order valence-electron chi connectivity index (χ2n) is 18.9. The van der Waals surface area contributed by atoms with E-state index in [1.54, 1.807) is 32.2 Å². The average Bonchev–Trinajstić information content (AvgIpc) is 3.89. The third-order valence-electron chi connectivity index (χ3n) is 12.7. The standard InChI is InChI=1S/C45H67N9O9S2/c1-9-45(41(57)58)19-14-12-10-11-13-16-32(48-42(59)50-38(44(4,5)6)26-53-21-15-20-52(7)65(53,60)61)40(56)54-25-30(23-36(54)39(55)51-45)63-37-24-34(35-27-64-43(49-35)46-28(2)3)47-33-22-29(62-8)17-18-31(33)37/h17-18,22,24,27-28,30,32,36,38H,9-16,19-21,23,25-26H2,1-8H3,(H,46,49)(H,51,55)(H,57,58)(H2,48,50,59)/t30-,32+,36+,38?,45-/m1/s1. The summed E-state index contributed by atoms with van der Waals surface area (Å²) in [6.07, 6.45) is 4.02. The summed E-state index contributed by atoms with van der Waals surface area (Å²) in [4.78, 5) is 67.5. The molecule has 0 spiro atoms. The number of carbonyl (C=O) groups excluding carboxylic acids is 3. The Morgan fingerprint density at radius 1 is 1.05 bits per heavy atom. The predicted molar refractivity (Wildman–Crippen MR) is 250 cm³/mol. The summed E-state index contributed by atoms with van der Waals surface area (Å²) in [5.74, 6) is -1.23. The van der Waals surface area contributed by atoms with Crippen LogP contribution in [0.15, 0.2) is 29.6 Å². The molecule has 5 N–H and O–H groups in total. The van der Waals surface area contributed by atoms with Crippen molar-refractivity contribution >= 4 is 61.4 Å². The molecule has 5 heterocycles. The summed E-state index contributed by atoms with van der Waals surface area (Å²) in [7, 11) is -0.612. The molecule has 0 aliphatic carbocycles. The first-order valence-corrected chi connectivity index (χ1v) is 25.0. The predicted octanol–water partition coefficient (Wildman–Crippen LogP) is 5.59. The van der Waals surface area contributed by atoms with Gasteiger partial charge in [0.2, 0.25) is 11.8 Å². The van der Waals surface area contributed by atoms with Gasteiger partial charge in [0.1, 0.15) is 40.9 Å². The minimum atomic E-state index is -3.72. The highest BCUT2D eigenvalue weighted by atomic mass is 32.2. The van der Waals surface area contributed by atoms with Crippen LogP contribution in [0, 0.1) is 5.41 Å². The van der Waals surface area contributed by atoms with Crippen molar-refractivity contribution in [2.45, 2.75) is 142 Å². The molecule has 0 radical (unpaired) electrons. The van der Waals surface area contributed by atoms with Gasteiger partial charge in [-0.15, -0.1) is 11.3 Å². The SMILES string of the molecule is CC[C@]1(C(=O)O)CCCCCCC[C@H](NC(=O)NC(CN2CCCN(C)S2(=O)=O)C(C)(C)C)C(=O)N2C[C@H](Oc3cc(-c4csc(NC(C)C)n4)nc4cc(OC)ccc34)C[C@H]2C(=O)N1. The van der Waals surface area contributed by atoms with E-state index >= 15 is 0 Å². The van der Waals surface area contributed by atoms with Gasteiger partial charge in [-0.05, 0) is 57.1 Å². The summed E-state index contributed by atoms with van der Waals surface area (Å²) in [6.45, 7) is 12.2. The van der Waals surface area contributed by atoms with E-state index in [4.69, 9.17) is 19.4 Å². The Hall–Kier alpha value is -4.79. The number of nitrogens with one attached hydrogen (secondary N) is 4. The number of ether oxygens (including phenoxy) is 2. The molecule has 18 nitrogen and oxygen atoms in total. The number of carboxylic acids is 1. The van der Waals surface area contributed by atoms with Gasteiger partial charge in [-0.3, -0.25) is 9.59 Å². The van der Waals surface area contributed by atoms with E-state index in [1.165, 1.54) is 31.9 Å². The van der Waals surface area contributed by atoms with Crippen LogP contribution < -0.4 is 30.7 Å². The Balaban J connectivity index is 1.32. The molecule has 2 aromatic heterocycles. The number of hydrogen-bond acceptors (Lipinski definition) is 12. The fourth-order valence-electron chi connectivity index (χ4n) is 8.69. The van der Waals surface area contributed by atoms with Crippen molar-refractivity contribution in [2.24, 2.45) is 5.41 Å². The fraction of sp³-hybridized carbons (Fsp3) is 0.644. The number of amides is 4. The van der Waals surface area contributed by atoms with Crippen molar-refractivity contribution in [2.75, 3.05) is 45.7 Å². The molecule has 1 aromatic carbocycles. The lowest BCUT2D eigenvalue weighted by Crippen LogP contribution is -2.61. The van der Waals surface area contributed by atoms with Gasteiger partial charge < -0.3 is 40.7 Å². The Morgan fingerprint density at radius 2 is 1.78 bits per heavy atom. The first-order chi connectivity index (χ1) is 30.7. The van der Waals surface area contributed by atoms with E-state index in [9.17, 15) is 32.7 Å². The summed E-state index contributed by atoms with van der Waals surface area (Å²) in [5, 5.41) is 25.9. The molecule has 0 saturated carbocycles. The molecular formula is C45H67N9O9S2. The van der Waals surface area contributed by atoms with Crippen LogP contribution in [-0.4, -0.2) is 137 Å². The largest absolute Gasteiger partial charge is 0.497 e. The minimum absolute atomic E-state index is 0.0367. The highest BCUT2D eigenvalue weighted by molar-refractivity contribution is 7.86. The lowest BCUT2D eigenvalue weighted by atomic mass is 9.86. The monoisotopic (exact) mass is 941 g/mol. The van der Waals surface area contributed by atoms with Crippen molar-refractivity contribution in [3.05, 3.63) is 29.6 Å². The van der Waals surface area contributed by atoms with E-state index < -0.39 is 69.2 Å². The topological polar surface area (TPSA) is 225 Å². The van der Waals surface area contributed by atoms with Crippen LogP contribution in [-0.2, 0) is 24.6 Å². The van der Waals surface area contributed by atoms with Crippen LogP contribution in [0.25, 0.3) is 22.3 Å². The van der Waals surface area contributed by atoms with Crippen LogP contribution in [0.4, 0.5) is 9.93 Å². The summed E-state index contributed by atoms with van der Waals surface area (Å²) in [5.41, 5.74) is -0.360. The van der Waals surface area contributed by atoms with Gasteiger partial charge >= 0.3 is 12.0 Å². The van der Waals surface area contributed by atoms with Crippen molar-refractivity contribution in [1.82, 2.24) is 39.4 Å². The molecule has 3 aliphatic rings. The number of thiazole rings is 1. The first kappa shape index (κ1) is 49.6. The van der Waals surface area contributed by atoms with Crippen molar-refractivity contribution < 1.29 is 42.2 Å². The van der Waals surface area contributed by atoms with E-state index in [-0.39, 0.29) is 44.8 Å². The van der Waals surface area contributed by atoms with Crippen LogP contribution in [0.2, 0.25) is 0 Å². The number of aromatic nitrogens is 2. The molecule has 358 valence electrons. The van der Waals surface area contributed by atoms with Gasteiger partial charge in [-0.25, -0.2) is 19.6 Å². The highest BCUT2D eigenvalue weighted by Crippen LogP contribution is 2.36. The number of aliphatic carboxylic acids is 1. The number of anilines is 1. The van der Waals surface area contributed by atoms with E-state index in [1.807, 2.05) is 46.1 Å². The van der Waals surface area contributed by atoms with Crippen LogP contribution >= 0.6 is 11.3 Å². The quantitative estimate of drug-likeness (QED) is 0.150. The van der Waals surface area contributed by atoms with Gasteiger partial charge in [-0.1, -0.05) is 59.8 Å². The van der Waals surface area contributed by atoms with E-state index in [0.717, 1.165) is 24.4 Å². The maximum atomic E-state index is 15.0. The van der Waals surface area contributed by atoms with Crippen molar-refractivity contribution in [3.8, 4) is 22.9 Å². The van der Waals surface area contributed by atoms with Crippen molar-refractivity contribution in [3.63, 3.8) is 0 Å². The smallest absolute Gasteiger partial charge is 0.329 e. The number of nitrogens with zero attached hydrogens (tertiary/aromatic N) is 5. The molecule has 1 unspecified atom stereocenters. The number of carboxylic acid groups (broad SMARTS) is 1. The number of urea groups is 1. The molecule has 3 fully saturated rings. The van der Waals surface area contributed by atoms with E-state index in [2.05, 4.69) is 21.3 Å². The van der Waals surface area contributed by atoms with Gasteiger partial charge in [0.15, 0.2) is 5.13 Å². The molecule has 6 rings (SSSR count). The Bertz CT molecular complexity index is 2300. The number of fused-ring (bicyclic) bond motifs is 2. The molecule has 0 bridgehead atoms. The number of rotatable bonds is 12. The maximum Gasteiger partial charge on any atom is 0.329 e. The lowest BCUT2D eigenvalue weighted by Gasteiger charge is -2.39. The van der Waals surface area contributed by atoms with Gasteiger partial charge in [0.25, 0.3) is 10.2 Å². The van der Waals surface area contributed by atoms with Crippen LogP contribution in [0.5, 0.6) is 11.5 Å². The minimum Gasteiger partial charge on any atom is -0.497 e. The molecule has 20 heteroatoms. The molecule has 4 amide bonds. The third kappa shape index (κ3) is 11.8. The molecule has 3 aromatic rings. The van der Waals surface area contributed by atoms with Crippen LogP contribution in [0.1, 0.15) is 106 Å². The second-order valence-corrected chi connectivity index (χ2v) is 21.8. The molecule has 3 aliphatic heterocycles. The zero-order chi connectivity index (χ0) is 47.3. The highest BCUT2D eigenvalue weighted by Gasteiger charge is 2.47. The van der Waals surface area contributed by atoms with Crippen molar-refractivity contribution in [1.29, 1.82) is 0 Å². The Kier molecular flexibility index (Phi) is 15.9. The number of carbonyl (C=O) groups is 4. The Labute approximate surface area is 386 Å². The Morgan fingerprint density at radius 3 is 2.48 bits per heavy atom. The number of hydrogen-bond donors (Lipinski definition) is 5. The summed E-state index contributed by atoms with van der Waals surface area (Å²) in [6, 6.07) is 3.92.